The number of rotatable bonds is 6. The minimum absolute atomic E-state index is 0.0245. The molecule has 0 radical (unpaired) electrons. The first-order valence-electron chi connectivity index (χ1n) is 9.74. The molecule has 1 heterocycles. The molecule has 0 aliphatic rings. The first kappa shape index (κ1) is 23.8. The molecule has 10 heteroatoms. The van der Waals surface area contributed by atoms with E-state index in [4.69, 9.17) is 4.74 Å². The van der Waals surface area contributed by atoms with Crippen LogP contribution in [0.15, 0.2) is 48.7 Å². The Morgan fingerprint density at radius 3 is 2.67 bits per heavy atom. The van der Waals surface area contributed by atoms with Crippen molar-refractivity contribution in [3.63, 3.8) is 0 Å². The van der Waals surface area contributed by atoms with E-state index in [9.17, 15) is 22.4 Å². The lowest BCUT2D eigenvalue weighted by atomic mass is 10.1. The summed E-state index contributed by atoms with van der Waals surface area (Å²) >= 11 is 0. The van der Waals surface area contributed by atoms with Crippen LogP contribution in [0, 0.1) is 17.7 Å². The van der Waals surface area contributed by atoms with Gasteiger partial charge in [0.25, 0.3) is 0 Å². The van der Waals surface area contributed by atoms with E-state index in [0.29, 0.717) is 36.2 Å². The van der Waals surface area contributed by atoms with Crippen LogP contribution in [0.3, 0.4) is 0 Å². The number of likely N-dealkylation sites (N-methyl/N-ethyl adjacent to an activating group) is 1. The summed E-state index contributed by atoms with van der Waals surface area (Å²) in [5.74, 6) is 4.01. The summed E-state index contributed by atoms with van der Waals surface area (Å²) in [5.41, 5.74) is -0.166. The van der Waals surface area contributed by atoms with Gasteiger partial charge in [-0.05, 0) is 50.5 Å². The molecule has 3 rings (SSSR count). The minimum Gasteiger partial charge on any atom is -0.490 e. The summed E-state index contributed by atoms with van der Waals surface area (Å²) in [5, 5.41) is 2.57. The number of hydrogen-bond acceptors (Lipinski definition) is 4. The highest BCUT2D eigenvalue weighted by molar-refractivity contribution is 6.05. The lowest BCUT2D eigenvalue weighted by Gasteiger charge is -2.15. The van der Waals surface area contributed by atoms with Crippen molar-refractivity contribution in [3.8, 4) is 29.0 Å². The number of benzene rings is 2. The summed E-state index contributed by atoms with van der Waals surface area (Å²) < 4.78 is 57.7. The average molecular weight is 460 g/mol. The molecule has 0 bridgehead atoms. The summed E-state index contributed by atoms with van der Waals surface area (Å²) in [6.07, 6.45) is -3.87. The highest BCUT2D eigenvalue weighted by Crippen LogP contribution is 2.32. The summed E-state index contributed by atoms with van der Waals surface area (Å²) in [6, 6.07) is 9.95. The first-order valence-corrected chi connectivity index (χ1v) is 9.74. The molecule has 0 aliphatic heterocycles. The molecule has 0 aliphatic carbocycles. The van der Waals surface area contributed by atoms with E-state index in [2.05, 4.69) is 27.1 Å². The van der Waals surface area contributed by atoms with Gasteiger partial charge < -0.3 is 19.9 Å². The molecular weight excluding hydrogens is 440 g/mol. The quantitative estimate of drug-likeness (QED) is 0.428. The van der Waals surface area contributed by atoms with Crippen molar-refractivity contribution in [2.45, 2.75) is 6.18 Å². The van der Waals surface area contributed by atoms with Crippen molar-refractivity contribution in [2.24, 2.45) is 0 Å². The van der Waals surface area contributed by atoms with Gasteiger partial charge in [-0.2, -0.15) is 13.2 Å². The van der Waals surface area contributed by atoms with Gasteiger partial charge in [0, 0.05) is 23.6 Å². The van der Waals surface area contributed by atoms with Crippen LogP contribution in [0.5, 0.6) is 5.75 Å². The van der Waals surface area contributed by atoms with E-state index in [1.165, 1.54) is 36.4 Å². The molecule has 6 nitrogen and oxygen atoms in total. The number of aromatic amines is 1. The van der Waals surface area contributed by atoms with Gasteiger partial charge in [-0.25, -0.2) is 9.37 Å². The molecule has 1 amide bonds. The molecule has 0 fully saturated rings. The molecule has 0 atom stereocenters. The summed E-state index contributed by atoms with van der Waals surface area (Å²) in [6.45, 7) is 0.908. The number of H-pyrrole nitrogens is 1. The van der Waals surface area contributed by atoms with E-state index in [-0.39, 0.29) is 11.5 Å². The van der Waals surface area contributed by atoms with E-state index < -0.39 is 23.6 Å². The second kappa shape index (κ2) is 10.2. The minimum atomic E-state index is -4.57. The van der Waals surface area contributed by atoms with Crippen LogP contribution in [0.2, 0.25) is 0 Å². The van der Waals surface area contributed by atoms with Gasteiger partial charge in [-0.3, -0.25) is 4.79 Å². The molecule has 2 N–H and O–H groups in total. The van der Waals surface area contributed by atoms with E-state index in [1.807, 2.05) is 19.0 Å². The zero-order valence-electron chi connectivity index (χ0n) is 17.8. The summed E-state index contributed by atoms with van der Waals surface area (Å²) in [7, 11) is 3.73. The van der Waals surface area contributed by atoms with Crippen molar-refractivity contribution in [1.82, 2.24) is 14.9 Å². The number of anilines is 1. The largest absolute Gasteiger partial charge is 0.490 e. The van der Waals surface area contributed by atoms with Gasteiger partial charge in [0.05, 0.1) is 11.9 Å². The van der Waals surface area contributed by atoms with Crippen molar-refractivity contribution < 1.29 is 27.1 Å². The zero-order chi connectivity index (χ0) is 24.0. The molecule has 0 unspecified atom stereocenters. The highest BCUT2D eigenvalue weighted by Gasteiger charge is 2.33. The van der Waals surface area contributed by atoms with Crippen molar-refractivity contribution in [3.05, 3.63) is 65.7 Å². The average Bonchev–Trinajstić information content (AvgIpc) is 3.24. The Morgan fingerprint density at radius 2 is 2.00 bits per heavy atom. The number of imidazole rings is 1. The Labute approximate surface area is 187 Å². The third kappa shape index (κ3) is 6.82. The SMILES string of the molecule is CN(C)CCOc1ccc(-c2ncc(C(F)(F)F)[nH]2)cc1NC(=O)C#Cc1cccc(F)c1. The Bertz CT molecular complexity index is 1190. The topological polar surface area (TPSA) is 70.2 Å². The number of hydrogen-bond donors (Lipinski definition) is 2. The van der Waals surface area contributed by atoms with Gasteiger partial charge >= 0.3 is 12.1 Å². The smallest absolute Gasteiger partial charge is 0.432 e. The number of alkyl halides is 3. The predicted octanol–water partition coefficient (Wildman–Crippen LogP) is 4.17. The molecule has 1 aromatic heterocycles. The number of amides is 1. The van der Waals surface area contributed by atoms with Crippen LogP contribution < -0.4 is 10.1 Å². The van der Waals surface area contributed by atoms with Crippen LogP contribution in [0.4, 0.5) is 23.2 Å². The highest BCUT2D eigenvalue weighted by atomic mass is 19.4. The fourth-order valence-corrected chi connectivity index (χ4v) is 2.70. The van der Waals surface area contributed by atoms with E-state index >= 15 is 0 Å². The maximum absolute atomic E-state index is 13.3. The van der Waals surface area contributed by atoms with Crippen LogP contribution in [-0.4, -0.2) is 48.0 Å². The molecule has 172 valence electrons. The normalized spacial score (nSPS) is 11.1. The third-order valence-corrected chi connectivity index (χ3v) is 4.32. The number of nitrogens with one attached hydrogen (secondary N) is 2. The number of aromatic nitrogens is 2. The van der Waals surface area contributed by atoms with E-state index in [1.54, 1.807) is 6.07 Å². The summed E-state index contributed by atoms with van der Waals surface area (Å²) in [4.78, 5) is 20.3. The van der Waals surface area contributed by atoms with Crippen molar-refractivity contribution >= 4 is 11.6 Å². The second-order valence-corrected chi connectivity index (χ2v) is 7.22. The lowest BCUT2D eigenvalue weighted by Crippen LogP contribution is -2.20. The maximum Gasteiger partial charge on any atom is 0.432 e. The number of nitrogens with zero attached hydrogens (tertiary/aromatic N) is 2. The monoisotopic (exact) mass is 460 g/mol. The Kier molecular flexibility index (Phi) is 7.35. The van der Waals surface area contributed by atoms with Gasteiger partial charge in [0.1, 0.15) is 29.7 Å². The molecule has 0 saturated heterocycles. The molecule has 2 aromatic carbocycles. The number of carbonyl (C=O) groups is 1. The number of halogens is 4. The molecule has 33 heavy (non-hydrogen) atoms. The van der Waals surface area contributed by atoms with Gasteiger partial charge in [-0.15, -0.1) is 0 Å². The predicted molar refractivity (Wildman–Crippen MR) is 115 cm³/mol. The molecule has 3 aromatic rings. The number of ether oxygens (including phenoxy) is 1. The third-order valence-electron chi connectivity index (χ3n) is 4.32. The molecular formula is C23H20F4N4O2. The maximum atomic E-state index is 13.3. The Morgan fingerprint density at radius 1 is 1.21 bits per heavy atom. The zero-order valence-corrected chi connectivity index (χ0v) is 17.8. The van der Waals surface area contributed by atoms with Gasteiger partial charge in [-0.1, -0.05) is 12.0 Å². The van der Waals surface area contributed by atoms with Gasteiger partial charge in [0.2, 0.25) is 0 Å². The Balaban J connectivity index is 1.86. The second-order valence-electron chi connectivity index (χ2n) is 7.22. The Hall–Kier alpha value is -3.84. The van der Waals surface area contributed by atoms with Crippen LogP contribution in [0.25, 0.3) is 11.4 Å². The standard InChI is InChI=1S/C23H20F4N4O2/c1-31(2)10-11-33-19-8-7-16(22-28-14-20(30-22)23(25,26)27)13-18(19)29-21(32)9-6-15-4-3-5-17(24)12-15/h3-5,7-8,12-14H,10-11H2,1-2H3,(H,28,30)(H,29,32). The first-order chi connectivity index (χ1) is 15.6. The number of carbonyl (C=O) groups excluding carboxylic acids is 1. The van der Waals surface area contributed by atoms with Crippen LogP contribution >= 0.6 is 0 Å². The fraction of sp³-hybridized carbons (Fsp3) is 0.217. The van der Waals surface area contributed by atoms with E-state index in [0.717, 1.165) is 0 Å². The lowest BCUT2D eigenvalue weighted by molar-refractivity contribution is -0.140. The van der Waals surface area contributed by atoms with Gasteiger partial charge in [0.15, 0.2) is 0 Å². The van der Waals surface area contributed by atoms with Crippen LogP contribution in [-0.2, 0) is 11.0 Å². The van der Waals surface area contributed by atoms with Crippen molar-refractivity contribution in [2.75, 3.05) is 32.6 Å². The van der Waals surface area contributed by atoms with Crippen LogP contribution in [0.1, 0.15) is 11.3 Å². The van der Waals surface area contributed by atoms with Crippen molar-refractivity contribution in [1.29, 1.82) is 0 Å². The fourth-order valence-electron chi connectivity index (χ4n) is 2.70. The molecule has 0 spiro atoms. The molecule has 0 saturated carbocycles.